The van der Waals surface area contributed by atoms with Crippen molar-refractivity contribution in [2.24, 2.45) is 0 Å². The van der Waals surface area contributed by atoms with Gasteiger partial charge < -0.3 is 19.9 Å². The fraction of sp³-hybridized carbons (Fsp3) is 0.304. The maximum Gasteiger partial charge on any atom is 0.331 e. The number of aliphatic carboxylic acids is 1. The molecule has 1 aliphatic heterocycles. The molecule has 3 heterocycles. The van der Waals surface area contributed by atoms with Gasteiger partial charge in [0, 0.05) is 43.3 Å². The van der Waals surface area contributed by atoms with E-state index in [1.807, 2.05) is 0 Å². The van der Waals surface area contributed by atoms with Crippen LogP contribution in [-0.2, 0) is 9.53 Å². The summed E-state index contributed by atoms with van der Waals surface area (Å²) in [5, 5.41) is 13.0. The van der Waals surface area contributed by atoms with Crippen LogP contribution in [0.4, 0.5) is 10.3 Å². The van der Waals surface area contributed by atoms with Gasteiger partial charge in [0.25, 0.3) is 5.56 Å². The van der Waals surface area contributed by atoms with Crippen molar-refractivity contribution in [3.63, 3.8) is 0 Å². The van der Waals surface area contributed by atoms with E-state index in [4.69, 9.17) is 9.47 Å². The molecule has 1 saturated heterocycles. The summed E-state index contributed by atoms with van der Waals surface area (Å²) in [5.74, 6) is -1.57. The van der Waals surface area contributed by atoms with Crippen LogP contribution in [0.15, 0.2) is 53.6 Å². The van der Waals surface area contributed by atoms with Gasteiger partial charge in [-0.1, -0.05) is 6.07 Å². The molecule has 1 unspecified atom stereocenters. The molecule has 1 aliphatic rings. The fourth-order valence-corrected chi connectivity index (χ4v) is 3.75. The number of benzene rings is 1. The highest BCUT2D eigenvalue weighted by Crippen LogP contribution is 2.25. The first-order valence-electron chi connectivity index (χ1n) is 10.4. The summed E-state index contributed by atoms with van der Waals surface area (Å²) in [6.07, 6.45) is 4.67. The van der Waals surface area contributed by atoms with E-state index in [1.54, 1.807) is 18.3 Å². The van der Waals surface area contributed by atoms with E-state index >= 15 is 0 Å². The minimum absolute atomic E-state index is 0.0143. The Morgan fingerprint density at radius 1 is 1.27 bits per heavy atom. The number of nitrogens with one attached hydrogen (secondary N) is 1. The van der Waals surface area contributed by atoms with Crippen LogP contribution in [0.5, 0.6) is 5.75 Å². The minimum Gasteiger partial charge on any atom is -0.494 e. The number of carboxylic acids is 1. The van der Waals surface area contributed by atoms with Crippen molar-refractivity contribution in [3.8, 4) is 17.0 Å². The first-order valence-corrected chi connectivity index (χ1v) is 10.4. The maximum absolute atomic E-state index is 14.1. The van der Waals surface area contributed by atoms with Gasteiger partial charge in [-0.3, -0.25) is 9.36 Å². The lowest BCUT2D eigenvalue weighted by Crippen LogP contribution is -2.30. The predicted octanol–water partition coefficient (Wildman–Crippen LogP) is 2.72. The Bertz CT molecular complexity index is 1210. The largest absolute Gasteiger partial charge is 0.494 e. The second kappa shape index (κ2) is 9.78. The summed E-state index contributed by atoms with van der Waals surface area (Å²) in [7, 11) is 1.31. The molecule has 1 fully saturated rings. The number of halogens is 1. The molecule has 9 nitrogen and oxygen atoms in total. The Morgan fingerprint density at radius 3 is 2.73 bits per heavy atom. The zero-order chi connectivity index (χ0) is 23.4. The SMILES string of the molecule is COc1ccc(C(C(=O)O)n2ccc(-c3ccnc(NC4CCOCC4)n3)cc2=O)cc1F. The fourth-order valence-electron chi connectivity index (χ4n) is 3.75. The second-order valence-corrected chi connectivity index (χ2v) is 7.59. The third kappa shape index (κ3) is 5.01. The smallest absolute Gasteiger partial charge is 0.331 e. The number of methoxy groups -OCH3 is 1. The number of aromatic nitrogens is 3. The van der Waals surface area contributed by atoms with E-state index in [0.717, 1.165) is 23.5 Å². The number of nitrogens with zero attached hydrogens (tertiary/aromatic N) is 3. The average Bonchev–Trinajstić information content (AvgIpc) is 2.81. The summed E-state index contributed by atoms with van der Waals surface area (Å²) in [4.78, 5) is 33.5. The molecule has 33 heavy (non-hydrogen) atoms. The van der Waals surface area contributed by atoms with E-state index in [9.17, 15) is 19.1 Å². The summed E-state index contributed by atoms with van der Waals surface area (Å²) in [6, 6.07) is 7.17. The second-order valence-electron chi connectivity index (χ2n) is 7.59. The van der Waals surface area contributed by atoms with E-state index < -0.39 is 23.4 Å². The highest BCUT2D eigenvalue weighted by Gasteiger charge is 2.24. The summed E-state index contributed by atoms with van der Waals surface area (Å²) in [6.45, 7) is 1.36. The van der Waals surface area contributed by atoms with Crippen molar-refractivity contribution < 1.29 is 23.8 Å². The van der Waals surface area contributed by atoms with Gasteiger partial charge in [-0.05, 0) is 42.7 Å². The molecule has 4 rings (SSSR count). The quantitative estimate of drug-likeness (QED) is 0.560. The summed E-state index contributed by atoms with van der Waals surface area (Å²) >= 11 is 0. The van der Waals surface area contributed by atoms with Gasteiger partial charge in [-0.2, -0.15) is 0 Å². The van der Waals surface area contributed by atoms with Gasteiger partial charge in [0.2, 0.25) is 5.95 Å². The molecular weight excluding hydrogens is 431 g/mol. The van der Waals surface area contributed by atoms with Crippen LogP contribution in [0.25, 0.3) is 11.3 Å². The predicted molar refractivity (Wildman–Crippen MR) is 118 cm³/mol. The first-order chi connectivity index (χ1) is 16.0. The molecule has 0 saturated carbocycles. The lowest BCUT2D eigenvalue weighted by Gasteiger charge is -2.23. The molecule has 0 bridgehead atoms. The van der Waals surface area contributed by atoms with Crippen molar-refractivity contribution in [2.75, 3.05) is 25.6 Å². The lowest BCUT2D eigenvalue weighted by atomic mass is 10.1. The van der Waals surface area contributed by atoms with Crippen molar-refractivity contribution in [1.82, 2.24) is 14.5 Å². The molecule has 2 aromatic heterocycles. The number of anilines is 1. The van der Waals surface area contributed by atoms with Gasteiger partial charge >= 0.3 is 5.97 Å². The molecular formula is C23H23FN4O5. The van der Waals surface area contributed by atoms with Crippen LogP contribution < -0.4 is 15.6 Å². The number of carbonyl (C=O) groups is 1. The van der Waals surface area contributed by atoms with Crippen LogP contribution in [0, 0.1) is 5.82 Å². The van der Waals surface area contributed by atoms with Crippen LogP contribution >= 0.6 is 0 Å². The van der Waals surface area contributed by atoms with E-state index in [1.165, 1.54) is 31.5 Å². The molecule has 0 amide bonds. The topological polar surface area (TPSA) is 116 Å². The number of carboxylic acid groups (broad SMARTS) is 1. The Labute approximate surface area is 188 Å². The van der Waals surface area contributed by atoms with Crippen molar-refractivity contribution >= 4 is 11.9 Å². The van der Waals surface area contributed by atoms with Gasteiger partial charge in [0.1, 0.15) is 0 Å². The third-order valence-electron chi connectivity index (χ3n) is 5.46. The number of hydrogen-bond acceptors (Lipinski definition) is 7. The van der Waals surface area contributed by atoms with Gasteiger partial charge in [0.05, 0.1) is 12.8 Å². The summed E-state index contributed by atoms with van der Waals surface area (Å²) in [5.41, 5.74) is 0.583. The molecule has 0 spiro atoms. The maximum atomic E-state index is 14.1. The monoisotopic (exact) mass is 454 g/mol. The molecule has 0 radical (unpaired) electrons. The van der Waals surface area contributed by atoms with Gasteiger partial charge in [0.15, 0.2) is 17.6 Å². The standard InChI is InChI=1S/C23H23FN4O5/c1-32-19-3-2-15(12-17(19)24)21(22(30)31)28-9-5-14(13-20(28)29)18-4-8-25-23(27-18)26-16-6-10-33-11-7-16/h2-5,8-9,12-13,16,21H,6-7,10-11H2,1H3,(H,30,31)(H,25,26,27). The number of rotatable bonds is 7. The zero-order valence-electron chi connectivity index (χ0n) is 17.9. The zero-order valence-corrected chi connectivity index (χ0v) is 17.9. The number of ether oxygens (including phenoxy) is 2. The molecule has 3 aromatic rings. The first kappa shape index (κ1) is 22.4. The van der Waals surface area contributed by atoms with E-state index in [2.05, 4.69) is 15.3 Å². The highest BCUT2D eigenvalue weighted by atomic mass is 19.1. The Hall–Kier alpha value is -3.79. The highest BCUT2D eigenvalue weighted by molar-refractivity contribution is 5.76. The minimum atomic E-state index is -1.40. The molecule has 172 valence electrons. The molecule has 1 atom stereocenters. The van der Waals surface area contributed by atoms with E-state index in [-0.39, 0.29) is 17.4 Å². The van der Waals surface area contributed by atoms with Crippen LogP contribution in [-0.4, -0.2) is 52.0 Å². The Balaban J connectivity index is 1.62. The van der Waals surface area contributed by atoms with Crippen LogP contribution in [0.3, 0.4) is 0 Å². The van der Waals surface area contributed by atoms with Crippen LogP contribution in [0.1, 0.15) is 24.4 Å². The normalized spacial score (nSPS) is 15.1. The molecule has 1 aromatic carbocycles. The molecule has 10 heteroatoms. The van der Waals surface area contributed by atoms with Crippen molar-refractivity contribution in [2.45, 2.75) is 24.9 Å². The number of pyridine rings is 1. The lowest BCUT2D eigenvalue weighted by molar-refractivity contribution is -0.139. The molecule has 0 aliphatic carbocycles. The van der Waals surface area contributed by atoms with Gasteiger partial charge in [-0.25, -0.2) is 19.2 Å². The number of hydrogen-bond donors (Lipinski definition) is 2. The van der Waals surface area contributed by atoms with E-state index in [0.29, 0.717) is 30.4 Å². The Morgan fingerprint density at radius 2 is 2.06 bits per heavy atom. The third-order valence-corrected chi connectivity index (χ3v) is 5.46. The van der Waals surface area contributed by atoms with Crippen molar-refractivity contribution in [1.29, 1.82) is 0 Å². The summed E-state index contributed by atoms with van der Waals surface area (Å²) < 4.78 is 25.4. The Kier molecular flexibility index (Phi) is 6.64. The van der Waals surface area contributed by atoms with Crippen LogP contribution in [0.2, 0.25) is 0 Å². The van der Waals surface area contributed by atoms with Crippen molar-refractivity contribution in [3.05, 3.63) is 70.5 Å². The molecule has 2 N–H and O–H groups in total. The van der Waals surface area contributed by atoms with Gasteiger partial charge in [-0.15, -0.1) is 0 Å². The average molecular weight is 454 g/mol.